The molecule has 0 saturated carbocycles. The van der Waals surface area contributed by atoms with Crippen LogP contribution < -0.4 is 0 Å². The summed E-state index contributed by atoms with van der Waals surface area (Å²) in [7, 11) is 0. The fraction of sp³-hybridized carbons (Fsp3) is 0.0625. The third kappa shape index (κ3) is 2.35. The molecule has 1 aliphatic heterocycles. The first-order valence-electron chi connectivity index (χ1n) is 12.1. The van der Waals surface area contributed by atoms with Gasteiger partial charge in [-0.15, -0.1) is 23.1 Å². The van der Waals surface area contributed by atoms with Crippen molar-refractivity contribution >= 4 is 75.8 Å². The Bertz CT molecular complexity index is 2050. The van der Waals surface area contributed by atoms with E-state index in [2.05, 4.69) is 108 Å². The van der Waals surface area contributed by atoms with Crippen LogP contribution >= 0.6 is 23.1 Å². The minimum Gasteiger partial charge on any atom is -0.309 e. The van der Waals surface area contributed by atoms with Gasteiger partial charge >= 0.3 is 0 Å². The zero-order valence-corrected chi connectivity index (χ0v) is 20.4. The number of rotatable bonds is 1. The molecular weight excluding hydrogens is 462 g/mol. The van der Waals surface area contributed by atoms with Crippen LogP contribution in [0.15, 0.2) is 108 Å². The highest BCUT2D eigenvalue weighted by molar-refractivity contribution is 8.00. The standard InChI is InChI=1S/C32H19NS2/c1-3-10-26-20(7-1)21-15-13-19(16-28(21)34-26)33-24-9-5-6-18-12-14-23-31-22-8-2-4-11-27(22)35-29(31)17-25(33)32(23)30(18)24/h1-17,20,26H. The molecule has 0 amide bonds. The van der Waals surface area contributed by atoms with Crippen molar-refractivity contribution < 1.29 is 0 Å². The zero-order valence-electron chi connectivity index (χ0n) is 18.7. The van der Waals surface area contributed by atoms with E-state index in [0.29, 0.717) is 11.2 Å². The minimum atomic E-state index is 0.495. The lowest BCUT2D eigenvalue weighted by Gasteiger charge is -2.14. The van der Waals surface area contributed by atoms with Gasteiger partial charge in [-0.2, -0.15) is 0 Å². The summed E-state index contributed by atoms with van der Waals surface area (Å²) in [5, 5.41) is 8.74. The van der Waals surface area contributed by atoms with Gasteiger partial charge in [-0.05, 0) is 46.7 Å². The van der Waals surface area contributed by atoms with Crippen LogP contribution in [0.3, 0.4) is 0 Å². The van der Waals surface area contributed by atoms with Crippen LogP contribution in [0.5, 0.6) is 0 Å². The van der Waals surface area contributed by atoms with Gasteiger partial charge in [-0.3, -0.25) is 0 Å². The highest BCUT2D eigenvalue weighted by Crippen LogP contribution is 2.50. The largest absolute Gasteiger partial charge is 0.309 e. The third-order valence-electron chi connectivity index (χ3n) is 7.88. The molecule has 7 aromatic rings. The summed E-state index contributed by atoms with van der Waals surface area (Å²) in [6, 6.07) is 29.8. The molecule has 2 atom stereocenters. The number of thioether (sulfide) groups is 1. The second-order valence-electron chi connectivity index (χ2n) is 9.67. The molecular formula is C32H19NS2. The Morgan fingerprint density at radius 1 is 0.657 bits per heavy atom. The molecule has 1 aliphatic carbocycles. The summed E-state index contributed by atoms with van der Waals surface area (Å²) in [4.78, 5) is 1.41. The molecule has 0 bridgehead atoms. The number of benzene rings is 5. The Morgan fingerprint density at radius 3 is 2.60 bits per heavy atom. The Labute approximate surface area is 210 Å². The summed E-state index contributed by atoms with van der Waals surface area (Å²) in [6.45, 7) is 0. The lowest BCUT2D eigenvalue weighted by atomic mass is 9.92. The Kier molecular flexibility index (Phi) is 3.52. The highest BCUT2D eigenvalue weighted by atomic mass is 32.2. The molecule has 2 unspecified atom stereocenters. The molecule has 0 saturated heterocycles. The molecule has 2 aromatic heterocycles. The first-order valence-corrected chi connectivity index (χ1v) is 13.8. The smallest absolute Gasteiger partial charge is 0.0561 e. The van der Waals surface area contributed by atoms with Gasteiger partial charge in [-0.25, -0.2) is 0 Å². The average molecular weight is 482 g/mol. The van der Waals surface area contributed by atoms with E-state index in [1.54, 1.807) is 0 Å². The molecule has 3 heteroatoms. The van der Waals surface area contributed by atoms with Crippen molar-refractivity contribution in [1.29, 1.82) is 0 Å². The van der Waals surface area contributed by atoms with Crippen molar-refractivity contribution in [3.8, 4) is 5.69 Å². The van der Waals surface area contributed by atoms with Gasteiger partial charge in [0.1, 0.15) is 0 Å². The number of allylic oxidation sites excluding steroid dienone is 3. The van der Waals surface area contributed by atoms with Gasteiger partial charge < -0.3 is 4.57 Å². The molecule has 5 aromatic carbocycles. The van der Waals surface area contributed by atoms with Crippen LogP contribution in [0.1, 0.15) is 11.5 Å². The van der Waals surface area contributed by atoms with Gasteiger partial charge in [0, 0.05) is 52.7 Å². The van der Waals surface area contributed by atoms with E-state index in [4.69, 9.17) is 0 Å². The normalized spacial score (nSPS) is 19.1. The summed E-state index contributed by atoms with van der Waals surface area (Å²) in [5.74, 6) is 0.495. The van der Waals surface area contributed by atoms with Gasteiger partial charge in [0.25, 0.3) is 0 Å². The van der Waals surface area contributed by atoms with Crippen molar-refractivity contribution in [2.75, 3.05) is 0 Å². The van der Waals surface area contributed by atoms with Crippen molar-refractivity contribution in [2.24, 2.45) is 0 Å². The van der Waals surface area contributed by atoms with Crippen molar-refractivity contribution in [1.82, 2.24) is 4.57 Å². The summed E-state index contributed by atoms with van der Waals surface area (Å²) >= 11 is 3.91. The maximum Gasteiger partial charge on any atom is 0.0561 e. The van der Waals surface area contributed by atoms with Crippen molar-refractivity contribution in [3.05, 3.63) is 109 Å². The molecule has 3 heterocycles. The fourth-order valence-electron chi connectivity index (χ4n) is 6.41. The van der Waals surface area contributed by atoms with Crippen LogP contribution in [0.4, 0.5) is 0 Å². The molecule has 9 rings (SSSR count). The number of fused-ring (bicyclic) bond motifs is 7. The number of nitrogens with zero attached hydrogens (tertiary/aromatic N) is 1. The van der Waals surface area contributed by atoms with Crippen LogP contribution in [-0.2, 0) is 0 Å². The number of hydrogen-bond donors (Lipinski definition) is 0. The number of aromatic nitrogens is 1. The van der Waals surface area contributed by atoms with Crippen LogP contribution in [0.25, 0.3) is 58.4 Å². The SMILES string of the molecule is C1=CC2Sc3cc(-n4c5cccc6ccc7c8c(cc4c7c65)sc4ccccc48)ccc3C2C=C1. The van der Waals surface area contributed by atoms with E-state index in [1.165, 1.54) is 68.9 Å². The first-order chi connectivity index (χ1) is 17.3. The van der Waals surface area contributed by atoms with E-state index in [-0.39, 0.29) is 0 Å². The number of hydrogen-bond acceptors (Lipinski definition) is 2. The monoisotopic (exact) mass is 481 g/mol. The average Bonchev–Trinajstić information content (AvgIpc) is 3.56. The zero-order chi connectivity index (χ0) is 22.7. The Hall–Kier alpha value is -3.53. The lowest BCUT2D eigenvalue weighted by Crippen LogP contribution is -2.06. The van der Waals surface area contributed by atoms with Gasteiger partial charge in [-0.1, -0.05) is 72.8 Å². The molecule has 0 fully saturated rings. The second-order valence-corrected chi connectivity index (χ2v) is 12.0. The van der Waals surface area contributed by atoms with Gasteiger partial charge in [0.2, 0.25) is 0 Å². The maximum absolute atomic E-state index is 2.50. The minimum absolute atomic E-state index is 0.495. The Morgan fingerprint density at radius 2 is 1.60 bits per heavy atom. The van der Waals surface area contributed by atoms with Crippen LogP contribution in [-0.4, -0.2) is 9.82 Å². The maximum atomic E-state index is 2.50. The number of thiophene rings is 1. The fourth-order valence-corrected chi connectivity index (χ4v) is 8.94. The van der Waals surface area contributed by atoms with Crippen molar-refractivity contribution in [2.45, 2.75) is 16.1 Å². The molecule has 164 valence electrons. The summed E-state index contributed by atoms with van der Waals surface area (Å²) in [6.07, 6.45) is 9.09. The Balaban J connectivity index is 1.41. The summed E-state index contributed by atoms with van der Waals surface area (Å²) < 4.78 is 5.23. The van der Waals surface area contributed by atoms with Crippen LogP contribution in [0, 0.1) is 0 Å². The van der Waals surface area contributed by atoms with E-state index in [0.717, 1.165) is 0 Å². The first kappa shape index (κ1) is 18.8. The third-order valence-corrected chi connectivity index (χ3v) is 10.3. The predicted molar refractivity (Wildman–Crippen MR) is 153 cm³/mol. The quantitative estimate of drug-likeness (QED) is 0.211. The second kappa shape index (κ2) is 6.57. The summed E-state index contributed by atoms with van der Waals surface area (Å²) in [5.41, 5.74) is 5.33. The van der Waals surface area contributed by atoms with E-state index < -0.39 is 0 Å². The molecule has 0 radical (unpaired) electrons. The van der Waals surface area contributed by atoms with E-state index in [1.807, 2.05) is 23.1 Å². The molecule has 35 heavy (non-hydrogen) atoms. The molecule has 2 aliphatic rings. The molecule has 1 nitrogen and oxygen atoms in total. The van der Waals surface area contributed by atoms with E-state index in [9.17, 15) is 0 Å². The van der Waals surface area contributed by atoms with Gasteiger partial charge in [0.15, 0.2) is 0 Å². The van der Waals surface area contributed by atoms with Gasteiger partial charge in [0.05, 0.1) is 11.0 Å². The van der Waals surface area contributed by atoms with Crippen molar-refractivity contribution in [3.63, 3.8) is 0 Å². The van der Waals surface area contributed by atoms with Crippen LogP contribution in [0.2, 0.25) is 0 Å². The molecule has 0 N–H and O–H groups in total. The van der Waals surface area contributed by atoms with E-state index >= 15 is 0 Å². The topological polar surface area (TPSA) is 4.93 Å². The lowest BCUT2D eigenvalue weighted by molar-refractivity contribution is 0.879. The predicted octanol–water partition coefficient (Wildman–Crippen LogP) is 9.43. The molecule has 0 spiro atoms. The highest BCUT2D eigenvalue weighted by Gasteiger charge is 2.31.